The molecule has 0 aromatic carbocycles. The third-order valence-corrected chi connectivity index (χ3v) is 6.98. The largest absolute Gasteiger partial charge is 0.501 e. The van der Waals surface area contributed by atoms with Gasteiger partial charge in [0.15, 0.2) is 0 Å². The van der Waals surface area contributed by atoms with Crippen molar-refractivity contribution in [3.63, 3.8) is 0 Å². The molecule has 1 fully saturated rings. The molecule has 5 heteroatoms. The van der Waals surface area contributed by atoms with Crippen molar-refractivity contribution in [3.05, 3.63) is 11.8 Å². The lowest BCUT2D eigenvalue weighted by molar-refractivity contribution is 0.219. The summed E-state index contributed by atoms with van der Waals surface area (Å²) in [4.78, 5) is 0. The monoisotopic (exact) mass is 274 g/mol. The number of nitrogens with one attached hydrogen (secondary N) is 1. The summed E-state index contributed by atoms with van der Waals surface area (Å²) in [7, 11) is 0. The van der Waals surface area contributed by atoms with Gasteiger partial charge in [-0.2, -0.15) is 23.5 Å². The average molecular weight is 274 g/mol. The predicted octanol–water partition coefficient (Wildman–Crippen LogP) is 2.14. The fraction of sp³-hybridized carbons (Fsp3) is 0.833. The second-order valence-electron chi connectivity index (χ2n) is 4.73. The Balaban J connectivity index is 2.00. The van der Waals surface area contributed by atoms with Crippen molar-refractivity contribution in [1.82, 2.24) is 5.43 Å². The SMILES string of the molecule is CC1SCC(C(NN)C2=COCCC2)SC1C. The third-order valence-electron chi connectivity index (χ3n) is 3.49. The van der Waals surface area contributed by atoms with E-state index in [0.717, 1.165) is 24.7 Å². The molecule has 0 bridgehead atoms. The smallest absolute Gasteiger partial charge is 0.0876 e. The van der Waals surface area contributed by atoms with Gasteiger partial charge in [-0.1, -0.05) is 13.8 Å². The molecule has 3 nitrogen and oxygen atoms in total. The second-order valence-corrected chi connectivity index (χ2v) is 7.76. The molecule has 2 rings (SSSR count). The van der Waals surface area contributed by atoms with Crippen molar-refractivity contribution in [3.8, 4) is 0 Å². The number of thioether (sulfide) groups is 2. The van der Waals surface area contributed by atoms with E-state index in [9.17, 15) is 0 Å². The predicted molar refractivity (Wildman–Crippen MR) is 77.1 cm³/mol. The number of nitrogens with two attached hydrogens (primary N) is 1. The van der Waals surface area contributed by atoms with E-state index in [1.54, 1.807) is 0 Å². The average Bonchev–Trinajstić information content (AvgIpc) is 2.36. The summed E-state index contributed by atoms with van der Waals surface area (Å²) in [5.74, 6) is 6.91. The van der Waals surface area contributed by atoms with Crippen LogP contribution in [0.15, 0.2) is 11.8 Å². The maximum absolute atomic E-state index is 5.75. The summed E-state index contributed by atoms with van der Waals surface area (Å²) < 4.78 is 5.43. The van der Waals surface area contributed by atoms with Crippen LogP contribution < -0.4 is 11.3 Å². The first-order valence-electron chi connectivity index (χ1n) is 6.26. The quantitative estimate of drug-likeness (QED) is 0.610. The Morgan fingerprint density at radius 2 is 2.29 bits per heavy atom. The van der Waals surface area contributed by atoms with Crippen molar-refractivity contribution >= 4 is 23.5 Å². The highest BCUT2D eigenvalue weighted by Gasteiger charge is 2.33. The first-order chi connectivity index (χ1) is 8.22. The molecule has 0 saturated carbocycles. The minimum atomic E-state index is 0.266. The van der Waals surface area contributed by atoms with E-state index in [-0.39, 0.29) is 6.04 Å². The summed E-state index contributed by atoms with van der Waals surface area (Å²) >= 11 is 4.12. The van der Waals surface area contributed by atoms with Gasteiger partial charge in [-0.3, -0.25) is 11.3 Å². The first kappa shape index (κ1) is 13.6. The van der Waals surface area contributed by atoms with Gasteiger partial charge in [0.2, 0.25) is 0 Å². The second kappa shape index (κ2) is 6.36. The third kappa shape index (κ3) is 3.34. The standard InChI is InChI=1S/C12H22N2OS2/c1-8-9(2)17-11(7-16-8)12(14-13)10-4-3-5-15-6-10/h6,8-9,11-12,14H,3-5,7,13H2,1-2H3. The van der Waals surface area contributed by atoms with Gasteiger partial charge in [-0.25, -0.2) is 0 Å². The van der Waals surface area contributed by atoms with Gasteiger partial charge in [-0.15, -0.1) is 0 Å². The van der Waals surface area contributed by atoms with Gasteiger partial charge in [0.25, 0.3) is 0 Å². The van der Waals surface area contributed by atoms with Crippen molar-refractivity contribution in [1.29, 1.82) is 0 Å². The molecule has 4 unspecified atom stereocenters. The molecule has 1 saturated heterocycles. The van der Waals surface area contributed by atoms with Crippen LogP contribution >= 0.6 is 23.5 Å². The maximum Gasteiger partial charge on any atom is 0.0876 e. The van der Waals surface area contributed by atoms with Gasteiger partial charge in [0, 0.05) is 21.5 Å². The maximum atomic E-state index is 5.75. The first-order valence-corrected chi connectivity index (χ1v) is 8.25. The topological polar surface area (TPSA) is 47.3 Å². The van der Waals surface area contributed by atoms with E-state index in [4.69, 9.17) is 10.6 Å². The summed E-state index contributed by atoms with van der Waals surface area (Å²) in [6.07, 6.45) is 4.14. The molecule has 98 valence electrons. The molecule has 0 aromatic heterocycles. The molecule has 2 aliphatic rings. The number of ether oxygens (including phenoxy) is 1. The fourth-order valence-corrected chi connectivity index (χ4v) is 5.37. The van der Waals surface area contributed by atoms with Crippen LogP contribution in [0.25, 0.3) is 0 Å². The molecule has 2 heterocycles. The van der Waals surface area contributed by atoms with Crippen LogP contribution in [0.3, 0.4) is 0 Å². The van der Waals surface area contributed by atoms with Crippen LogP contribution in [0.1, 0.15) is 26.7 Å². The van der Waals surface area contributed by atoms with Crippen LogP contribution in [0.2, 0.25) is 0 Å². The Bertz CT molecular complexity index is 286. The Labute approximate surface area is 112 Å². The van der Waals surface area contributed by atoms with E-state index in [1.807, 2.05) is 6.26 Å². The number of rotatable bonds is 3. The molecule has 0 spiro atoms. The highest BCUT2D eigenvalue weighted by Crippen LogP contribution is 2.38. The van der Waals surface area contributed by atoms with Crippen molar-refractivity contribution in [2.75, 3.05) is 12.4 Å². The molecule has 3 N–H and O–H groups in total. The van der Waals surface area contributed by atoms with E-state index >= 15 is 0 Å². The van der Waals surface area contributed by atoms with Gasteiger partial charge >= 0.3 is 0 Å². The lowest BCUT2D eigenvalue weighted by Gasteiger charge is -2.37. The number of hydrazine groups is 1. The normalized spacial score (nSPS) is 35.9. The van der Waals surface area contributed by atoms with Crippen LogP contribution in [0.4, 0.5) is 0 Å². The zero-order valence-corrected chi connectivity index (χ0v) is 12.2. The Kier molecular flexibility index (Phi) is 5.09. The zero-order valence-electron chi connectivity index (χ0n) is 10.5. The minimum absolute atomic E-state index is 0.266. The lowest BCUT2D eigenvalue weighted by Crippen LogP contribution is -2.48. The molecule has 17 heavy (non-hydrogen) atoms. The van der Waals surface area contributed by atoms with E-state index in [0.29, 0.717) is 10.5 Å². The van der Waals surface area contributed by atoms with Gasteiger partial charge in [0.1, 0.15) is 0 Å². The van der Waals surface area contributed by atoms with Gasteiger partial charge < -0.3 is 4.74 Å². The van der Waals surface area contributed by atoms with Crippen LogP contribution in [-0.4, -0.2) is 34.2 Å². The van der Waals surface area contributed by atoms with Crippen molar-refractivity contribution in [2.24, 2.45) is 5.84 Å². The molecule has 4 atom stereocenters. The highest BCUT2D eigenvalue weighted by molar-refractivity contribution is 8.07. The number of hydrogen-bond acceptors (Lipinski definition) is 5. The Morgan fingerprint density at radius 1 is 1.47 bits per heavy atom. The molecule has 0 radical (unpaired) electrons. The molecule has 0 aromatic rings. The highest BCUT2D eigenvalue weighted by atomic mass is 32.2. The van der Waals surface area contributed by atoms with E-state index in [1.165, 1.54) is 11.3 Å². The van der Waals surface area contributed by atoms with Crippen LogP contribution in [-0.2, 0) is 4.74 Å². The van der Waals surface area contributed by atoms with Gasteiger partial charge in [0.05, 0.1) is 18.9 Å². The van der Waals surface area contributed by atoms with Gasteiger partial charge in [-0.05, 0) is 18.4 Å². The lowest BCUT2D eigenvalue weighted by atomic mass is 10.0. The molecular formula is C12H22N2OS2. The summed E-state index contributed by atoms with van der Waals surface area (Å²) in [6, 6.07) is 0.266. The molecular weight excluding hydrogens is 252 g/mol. The molecule has 2 aliphatic heterocycles. The van der Waals surface area contributed by atoms with E-state index in [2.05, 4.69) is 42.8 Å². The summed E-state index contributed by atoms with van der Waals surface area (Å²) in [5, 5.41) is 2.00. The summed E-state index contributed by atoms with van der Waals surface area (Å²) in [5.41, 5.74) is 4.33. The van der Waals surface area contributed by atoms with Crippen LogP contribution in [0.5, 0.6) is 0 Å². The number of hydrogen-bond donors (Lipinski definition) is 2. The van der Waals surface area contributed by atoms with Crippen molar-refractivity contribution in [2.45, 2.75) is 48.5 Å². The summed E-state index contributed by atoms with van der Waals surface area (Å²) in [6.45, 7) is 5.47. The molecule has 0 amide bonds. The van der Waals surface area contributed by atoms with E-state index < -0.39 is 0 Å². The fourth-order valence-electron chi connectivity index (χ4n) is 2.25. The minimum Gasteiger partial charge on any atom is -0.501 e. The van der Waals surface area contributed by atoms with Crippen molar-refractivity contribution < 1.29 is 4.74 Å². The Morgan fingerprint density at radius 3 is 2.88 bits per heavy atom. The molecule has 0 aliphatic carbocycles. The van der Waals surface area contributed by atoms with Crippen LogP contribution in [0, 0.1) is 0 Å². The Hall–Kier alpha value is 0.160. The zero-order chi connectivity index (χ0) is 12.3.